The molecule has 3 rings (SSSR count). The number of nitrogens with zero attached hydrogens (tertiary/aromatic N) is 1. The van der Waals surface area contributed by atoms with Crippen LogP contribution < -0.4 is 4.74 Å². The largest absolute Gasteiger partial charge is 0.424 e. The molecule has 0 fully saturated rings. The van der Waals surface area contributed by atoms with Crippen LogP contribution in [0.25, 0.3) is 6.08 Å². The van der Waals surface area contributed by atoms with Crippen molar-refractivity contribution in [1.82, 2.24) is 0 Å². The van der Waals surface area contributed by atoms with Gasteiger partial charge in [-0.2, -0.15) is 0 Å². The van der Waals surface area contributed by atoms with Crippen LogP contribution in [0.4, 0.5) is 0 Å². The van der Waals surface area contributed by atoms with E-state index in [2.05, 4.69) is 36.9 Å². The first kappa shape index (κ1) is 21.0. The number of hydrogen-bond donors (Lipinski definition) is 0. The third-order valence-corrected chi connectivity index (χ3v) is 5.34. The average molecular weight is 548 g/mol. The molecule has 0 spiro atoms. The molecule has 1 heterocycles. The lowest BCUT2D eigenvalue weighted by Gasteiger charge is -2.09. The maximum Gasteiger partial charge on any atom is 0.363 e. The summed E-state index contributed by atoms with van der Waals surface area (Å²) in [5.41, 5.74) is 1.22. The fourth-order valence-electron chi connectivity index (χ4n) is 2.29. The van der Waals surface area contributed by atoms with Gasteiger partial charge in [-0.15, -0.1) is 0 Å². The van der Waals surface area contributed by atoms with Crippen molar-refractivity contribution >= 4 is 79.0 Å². The molecule has 0 unspecified atom stereocenters. The SMILES string of the molecule is CCC(=O)Oc1c(Br)cc(/C=C2\N=C(c3ccc(Cl)cc3Cl)OC2=O)cc1Br. The van der Waals surface area contributed by atoms with Crippen molar-refractivity contribution in [3.8, 4) is 5.75 Å². The van der Waals surface area contributed by atoms with E-state index in [1.54, 1.807) is 43.3 Å². The van der Waals surface area contributed by atoms with Gasteiger partial charge in [-0.05, 0) is 73.8 Å². The summed E-state index contributed by atoms with van der Waals surface area (Å²) in [7, 11) is 0. The quantitative estimate of drug-likeness (QED) is 0.260. The summed E-state index contributed by atoms with van der Waals surface area (Å²) in [6.45, 7) is 1.71. The molecule has 2 aromatic carbocycles. The van der Waals surface area contributed by atoms with Gasteiger partial charge in [0.15, 0.2) is 11.4 Å². The molecule has 2 aromatic rings. The second kappa shape index (κ2) is 8.78. The summed E-state index contributed by atoms with van der Waals surface area (Å²) in [5, 5.41) is 0.792. The van der Waals surface area contributed by atoms with Gasteiger partial charge in [-0.25, -0.2) is 9.79 Å². The third kappa shape index (κ3) is 4.66. The van der Waals surface area contributed by atoms with E-state index in [1.165, 1.54) is 0 Å². The smallest absolute Gasteiger partial charge is 0.363 e. The van der Waals surface area contributed by atoms with E-state index in [1.807, 2.05) is 0 Å². The average Bonchev–Trinajstić information content (AvgIpc) is 2.98. The van der Waals surface area contributed by atoms with Crippen LogP contribution in [0.5, 0.6) is 5.75 Å². The van der Waals surface area contributed by atoms with E-state index in [0.717, 1.165) is 0 Å². The first-order chi connectivity index (χ1) is 13.3. The summed E-state index contributed by atoms with van der Waals surface area (Å²) < 4.78 is 11.6. The Morgan fingerprint density at radius 2 is 1.89 bits per heavy atom. The summed E-state index contributed by atoms with van der Waals surface area (Å²) in [4.78, 5) is 28.0. The van der Waals surface area contributed by atoms with E-state index in [-0.39, 0.29) is 24.0 Å². The molecule has 0 aromatic heterocycles. The van der Waals surface area contributed by atoms with Gasteiger partial charge in [0, 0.05) is 11.4 Å². The van der Waals surface area contributed by atoms with Crippen molar-refractivity contribution in [2.24, 2.45) is 4.99 Å². The molecule has 0 bridgehead atoms. The molecule has 0 saturated heterocycles. The van der Waals surface area contributed by atoms with Crippen molar-refractivity contribution in [2.75, 3.05) is 0 Å². The summed E-state index contributed by atoms with van der Waals surface area (Å²) in [6, 6.07) is 8.20. The number of rotatable bonds is 4. The van der Waals surface area contributed by atoms with Gasteiger partial charge in [0.1, 0.15) is 0 Å². The topological polar surface area (TPSA) is 65.0 Å². The zero-order valence-corrected chi connectivity index (χ0v) is 18.9. The second-order valence-electron chi connectivity index (χ2n) is 5.60. The van der Waals surface area contributed by atoms with Crippen molar-refractivity contribution in [2.45, 2.75) is 13.3 Å². The fourth-order valence-corrected chi connectivity index (χ4v) is 4.16. The molecule has 0 aliphatic carbocycles. The predicted molar refractivity (Wildman–Crippen MR) is 115 cm³/mol. The number of halogens is 4. The molecule has 28 heavy (non-hydrogen) atoms. The Morgan fingerprint density at radius 3 is 2.50 bits per heavy atom. The molecule has 0 N–H and O–H groups in total. The molecule has 1 aliphatic heterocycles. The van der Waals surface area contributed by atoms with Gasteiger partial charge >= 0.3 is 11.9 Å². The zero-order valence-electron chi connectivity index (χ0n) is 14.3. The molecular weight excluding hydrogens is 537 g/mol. The summed E-state index contributed by atoms with van der Waals surface area (Å²) in [6.07, 6.45) is 1.81. The highest BCUT2D eigenvalue weighted by molar-refractivity contribution is 9.11. The molecular formula is C19H11Br2Cl2NO4. The van der Waals surface area contributed by atoms with Crippen LogP contribution in [0.15, 0.2) is 50.0 Å². The standard InChI is InChI=1S/C19H11Br2Cl2NO4/c1-2-16(25)27-17-12(20)5-9(6-13(17)21)7-15-19(26)28-18(24-15)11-4-3-10(22)8-14(11)23/h3-8H,2H2,1H3/b15-7-. The third-order valence-electron chi connectivity index (χ3n) is 3.61. The highest BCUT2D eigenvalue weighted by Crippen LogP contribution is 2.36. The normalized spacial score (nSPS) is 14.8. The maximum atomic E-state index is 12.2. The monoisotopic (exact) mass is 545 g/mol. The number of ether oxygens (including phenoxy) is 2. The van der Waals surface area contributed by atoms with Crippen LogP contribution in [-0.4, -0.2) is 17.8 Å². The minimum Gasteiger partial charge on any atom is -0.424 e. The molecule has 0 amide bonds. The van der Waals surface area contributed by atoms with Crippen molar-refractivity contribution < 1.29 is 19.1 Å². The molecule has 0 radical (unpaired) electrons. The Labute approximate surface area is 187 Å². The van der Waals surface area contributed by atoms with E-state index < -0.39 is 5.97 Å². The minimum absolute atomic E-state index is 0.101. The van der Waals surface area contributed by atoms with Crippen molar-refractivity contribution in [3.63, 3.8) is 0 Å². The Bertz CT molecular complexity index is 1030. The highest BCUT2D eigenvalue weighted by atomic mass is 79.9. The Morgan fingerprint density at radius 1 is 1.21 bits per heavy atom. The fraction of sp³-hybridized carbons (Fsp3) is 0.105. The number of carbonyl (C=O) groups is 2. The van der Waals surface area contributed by atoms with E-state index >= 15 is 0 Å². The van der Waals surface area contributed by atoms with Crippen LogP contribution in [-0.2, 0) is 14.3 Å². The molecule has 5 nitrogen and oxygen atoms in total. The van der Waals surface area contributed by atoms with Gasteiger partial charge in [-0.3, -0.25) is 4.79 Å². The summed E-state index contributed by atoms with van der Waals surface area (Å²) in [5.74, 6) is -0.500. The lowest BCUT2D eigenvalue weighted by Crippen LogP contribution is -2.06. The Hall–Kier alpha value is -1.67. The van der Waals surface area contributed by atoms with Gasteiger partial charge < -0.3 is 9.47 Å². The van der Waals surface area contributed by atoms with Crippen molar-refractivity contribution in [1.29, 1.82) is 0 Å². The number of carbonyl (C=O) groups excluding carboxylic acids is 2. The predicted octanol–water partition coefficient (Wildman–Crippen LogP) is 6.18. The number of benzene rings is 2. The first-order valence-corrected chi connectivity index (χ1v) is 10.3. The van der Waals surface area contributed by atoms with E-state index in [0.29, 0.717) is 35.9 Å². The molecule has 0 atom stereocenters. The first-order valence-electron chi connectivity index (χ1n) is 7.96. The van der Waals surface area contributed by atoms with E-state index in [9.17, 15) is 9.59 Å². The number of hydrogen-bond acceptors (Lipinski definition) is 5. The van der Waals surface area contributed by atoms with Gasteiger partial charge in [0.25, 0.3) is 0 Å². The van der Waals surface area contributed by atoms with Crippen molar-refractivity contribution in [3.05, 3.63) is 66.1 Å². The van der Waals surface area contributed by atoms with E-state index in [4.69, 9.17) is 32.7 Å². The Kier molecular flexibility index (Phi) is 6.60. The van der Waals surface area contributed by atoms with Gasteiger partial charge in [0.05, 0.1) is 19.5 Å². The second-order valence-corrected chi connectivity index (χ2v) is 8.15. The molecule has 144 valence electrons. The lowest BCUT2D eigenvalue weighted by molar-refractivity contribution is -0.134. The van der Waals surface area contributed by atoms with Crippen LogP contribution in [0.1, 0.15) is 24.5 Å². The number of cyclic esters (lactones) is 1. The molecule has 1 aliphatic rings. The summed E-state index contributed by atoms with van der Waals surface area (Å²) >= 11 is 18.8. The zero-order chi connectivity index (χ0) is 20.4. The highest BCUT2D eigenvalue weighted by Gasteiger charge is 2.26. The molecule has 9 heteroatoms. The van der Waals surface area contributed by atoms with Gasteiger partial charge in [-0.1, -0.05) is 30.1 Å². The molecule has 0 saturated carbocycles. The van der Waals surface area contributed by atoms with Crippen LogP contribution >= 0.6 is 55.1 Å². The minimum atomic E-state index is -0.602. The van der Waals surface area contributed by atoms with Gasteiger partial charge in [0.2, 0.25) is 5.90 Å². The van der Waals surface area contributed by atoms with Crippen LogP contribution in [0.3, 0.4) is 0 Å². The number of aliphatic imine (C=N–C) groups is 1. The van der Waals surface area contributed by atoms with Crippen LogP contribution in [0, 0.1) is 0 Å². The number of esters is 2. The Balaban J connectivity index is 1.93. The van der Waals surface area contributed by atoms with Crippen LogP contribution in [0.2, 0.25) is 10.0 Å². The maximum absolute atomic E-state index is 12.2. The lowest BCUT2D eigenvalue weighted by atomic mass is 10.2.